The molecular formula is C26H23N3O4. The predicted molar refractivity (Wildman–Crippen MR) is 127 cm³/mol. The third-order valence-corrected chi connectivity index (χ3v) is 4.86. The molecule has 7 heteroatoms. The van der Waals surface area contributed by atoms with E-state index in [9.17, 15) is 20.0 Å². The van der Waals surface area contributed by atoms with Crippen molar-refractivity contribution < 1.29 is 19.4 Å². The lowest BCUT2D eigenvalue weighted by atomic mass is 10.1. The first-order valence-corrected chi connectivity index (χ1v) is 10.2. The lowest BCUT2D eigenvalue weighted by Gasteiger charge is -2.11. The average Bonchev–Trinajstić information content (AvgIpc) is 2.80. The van der Waals surface area contributed by atoms with Crippen LogP contribution < -0.4 is 15.4 Å². The number of phenolic OH excluding ortho intramolecular Hbond substituents is 1. The summed E-state index contributed by atoms with van der Waals surface area (Å²) in [7, 11) is 0. The summed E-state index contributed by atoms with van der Waals surface area (Å²) in [5.74, 6) is -0.511. The Morgan fingerprint density at radius 2 is 1.67 bits per heavy atom. The number of anilines is 2. The molecular weight excluding hydrogens is 418 g/mol. The van der Waals surface area contributed by atoms with Crippen LogP contribution in [0.1, 0.15) is 16.7 Å². The van der Waals surface area contributed by atoms with E-state index in [4.69, 9.17) is 4.74 Å². The van der Waals surface area contributed by atoms with Crippen molar-refractivity contribution in [3.63, 3.8) is 0 Å². The van der Waals surface area contributed by atoms with Crippen molar-refractivity contribution in [3.8, 4) is 17.6 Å². The van der Waals surface area contributed by atoms with Gasteiger partial charge in [0, 0.05) is 16.9 Å². The fraction of sp³-hybridized carbons (Fsp3) is 0.115. The van der Waals surface area contributed by atoms with Gasteiger partial charge in [-0.15, -0.1) is 0 Å². The quantitative estimate of drug-likeness (QED) is 0.282. The minimum Gasteiger partial charge on any atom is -0.508 e. The van der Waals surface area contributed by atoms with Gasteiger partial charge in [-0.2, -0.15) is 5.26 Å². The second kappa shape index (κ2) is 10.6. The Morgan fingerprint density at radius 1 is 0.970 bits per heavy atom. The number of benzene rings is 3. The molecule has 3 aromatic rings. The number of nitriles is 1. The first-order valence-electron chi connectivity index (χ1n) is 10.2. The maximum Gasteiger partial charge on any atom is 0.266 e. The minimum absolute atomic E-state index is 0.0664. The van der Waals surface area contributed by atoms with Crippen molar-refractivity contribution in [2.75, 3.05) is 17.2 Å². The number of rotatable bonds is 7. The van der Waals surface area contributed by atoms with E-state index >= 15 is 0 Å². The number of carbonyl (C=O) groups excluding carboxylic acids is 2. The molecule has 7 nitrogen and oxygen atoms in total. The van der Waals surface area contributed by atoms with Gasteiger partial charge in [0.2, 0.25) is 0 Å². The van der Waals surface area contributed by atoms with Gasteiger partial charge in [0.15, 0.2) is 6.61 Å². The first-order chi connectivity index (χ1) is 15.9. The fourth-order valence-electron chi connectivity index (χ4n) is 2.94. The second-order valence-corrected chi connectivity index (χ2v) is 7.34. The number of hydrogen-bond donors (Lipinski definition) is 3. The number of amides is 2. The monoisotopic (exact) mass is 441 g/mol. The van der Waals surface area contributed by atoms with Gasteiger partial charge < -0.3 is 20.5 Å². The summed E-state index contributed by atoms with van der Waals surface area (Å²) in [6.07, 6.45) is 1.40. The SMILES string of the molecule is Cc1ccc(NC(=O)COc2ccccc2/C=C(\C#N)C(=O)Nc2ccc(O)cc2)cc1C. The van der Waals surface area contributed by atoms with E-state index in [1.54, 1.807) is 24.3 Å². The zero-order chi connectivity index (χ0) is 23.8. The second-order valence-electron chi connectivity index (χ2n) is 7.34. The number of phenols is 1. The van der Waals surface area contributed by atoms with Crippen molar-refractivity contribution in [2.45, 2.75) is 13.8 Å². The summed E-state index contributed by atoms with van der Waals surface area (Å²) in [4.78, 5) is 24.8. The van der Waals surface area contributed by atoms with Crippen molar-refractivity contribution in [1.82, 2.24) is 0 Å². The van der Waals surface area contributed by atoms with E-state index < -0.39 is 5.91 Å². The molecule has 0 aliphatic heterocycles. The average molecular weight is 441 g/mol. The van der Waals surface area contributed by atoms with Crippen molar-refractivity contribution in [1.29, 1.82) is 5.26 Å². The molecule has 3 aromatic carbocycles. The van der Waals surface area contributed by atoms with Crippen LogP contribution in [0.2, 0.25) is 0 Å². The van der Waals surface area contributed by atoms with Crippen LogP contribution in [0.3, 0.4) is 0 Å². The maximum absolute atomic E-state index is 12.5. The molecule has 3 N–H and O–H groups in total. The lowest BCUT2D eigenvalue weighted by Crippen LogP contribution is -2.20. The summed E-state index contributed by atoms with van der Waals surface area (Å²) in [5.41, 5.74) is 3.66. The smallest absolute Gasteiger partial charge is 0.266 e. The van der Waals surface area contributed by atoms with E-state index in [1.165, 1.54) is 30.3 Å². The van der Waals surface area contributed by atoms with E-state index in [2.05, 4.69) is 10.6 Å². The number of ether oxygens (including phenoxy) is 1. The normalized spacial score (nSPS) is 10.8. The highest BCUT2D eigenvalue weighted by molar-refractivity contribution is 6.09. The van der Waals surface area contributed by atoms with Crippen LogP contribution in [0.25, 0.3) is 6.08 Å². The van der Waals surface area contributed by atoms with Gasteiger partial charge in [-0.1, -0.05) is 24.3 Å². The Balaban J connectivity index is 1.69. The van der Waals surface area contributed by atoms with Crippen LogP contribution in [0.5, 0.6) is 11.5 Å². The van der Waals surface area contributed by atoms with E-state index in [-0.39, 0.29) is 23.8 Å². The number of aryl methyl sites for hydroxylation is 2. The third kappa shape index (κ3) is 6.45. The van der Waals surface area contributed by atoms with Crippen molar-refractivity contribution in [3.05, 3.63) is 89.0 Å². The topological polar surface area (TPSA) is 111 Å². The molecule has 0 saturated heterocycles. The Hall–Kier alpha value is -4.57. The molecule has 166 valence electrons. The highest BCUT2D eigenvalue weighted by atomic mass is 16.5. The predicted octanol–water partition coefficient (Wildman–Crippen LogP) is 4.57. The van der Waals surface area contributed by atoms with Gasteiger partial charge in [-0.25, -0.2) is 0 Å². The molecule has 0 aromatic heterocycles. The summed E-state index contributed by atoms with van der Waals surface area (Å²) < 4.78 is 5.66. The van der Waals surface area contributed by atoms with Crippen LogP contribution in [0, 0.1) is 25.2 Å². The van der Waals surface area contributed by atoms with Crippen molar-refractivity contribution >= 4 is 29.3 Å². The summed E-state index contributed by atoms with van der Waals surface area (Å²) >= 11 is 0. The molecule has 0 saturated carbocycles. The van der Waals surface area contributed by atoms with Gasteiger partial charge in [0.1, 0.15) is 23.1 Å². The molecule has 0 aliphatic rings. The van der Waals surface area contributed by atoms with E-state index in [0.29, 0.717) is 22.7 Å². The number of carbonyl (C=O) groups is 2. The van der Waals surface area contributed by atoms with E-state index in [1.807, 2.05) is 38.1 Å². The Morgan fingerprint density at radius 3 is 2.36 bits per heavy atom. The molecule has 0 heterocycles. The Labute approximate surface area is 191 Å². The largest absolute Gasteiger partial charge is 0.508 e. The Bertz CT molecular complexity index is 1240. The summed E-state index contributed by atoms with van der Waals surface area (Å²) in [6.45, 7) is 3.73. The van der Waals surface area contributed by atoms with Gasteiger partial charge >= 0.3 is 0 Å². The van der Waals surface area contributed by atoms with Gasteiger partial charge in [0.25, 0.3) is 11.8 Å². The maximum atomic E-state index is 12.5. The molecule has 33 heavy (non-hydrogen) atoms. The van der Waals surface area contributed by atoms with Crippen LogP contribution >= 0.6 is 0 Å². The van der Waals surface area contributed by atoms with Gasteiger partial charge in [-0.05, 0) is 73.5 Å². The van der Waals surface area contributed by atoms with Crippen LogP contribution in [-0.4, -0.2) is 23.5 Å². The molecule has 3 rings (SSSR count). The standard InChI is InChI=1S/C26H23N3O4/c1-17-7-8-22(13-18(17)2)28-25(31)16-33-24-6-4-3-5-19(24)14-20(15-27)26(32)29-21-9-11-23(30)12-10-21/h3-14,30H,16H2,1-2H3,(H,28,31)(H,29,32)/b20-14+. The Kier molecular flexibility index (Phi) is 7.45. The number of para-hydroxylation sites is 1. The van der Waals surface area contributed by atoms with Crippen LogP contribution in [-0.2, 0) is 9.59 Å². The first kappa shape index (κ1) is 23.1. The number of nitrogens with one attached hydrogen (secondary N) is 2. The van der Waals surface area contributed by atoms with Crippen LogP contribution in [0.15, 0.2) is 72.3 Å². The summed E-state index contributed by atoms with van der Waals surface area (Å²) in [6, 6.07) is 20.2. The van der Waals surface area contributed by atoms with Crippen LogP contribution in [0.4, 0.5) is 11.4 Å². The molecule has 0 aliphatic carbocycles. The molecule has 0 atom stereocenters. The highest BCUT2D eigenvalue weighted by Gasteiger charge is 2.12. The van der Waals surface area contributed by atoms with Gasteiger partial charge in [-0.3, -0.25) is 9.59 Å². The zero-order valence-electron chi connectivity index (χ0n) is 18.3. The molecule has 0 radical (unpaired) electrons. The lowest BCUT2D eigenvalue weighted by molar-refractivity contribution is -0.118. The highest BCUT2D eigenvalue weighted by Crippen LogP contribution is 2.22. The molecule has 0 bridgehead atoms. The number of hydrogen-bond acceptors (Lipinski definition) is 5. The molecule has 0 spiro atoms. The molecule has 0 fully saturated rings. The number of nitrogens with zero attached hydrogens (tertiary/aromatic N) is 1. The molecule has 2 amide bonds. The fourth-order valence-corrected chi connectivity index (χ4v) is 2.94. The van der Waals surface area contributed by atoms with Crippen molar-refractivity contribution in [2.24, 2.45) is 0 Å². The number of aromatic hydroxyl groups is 1. The zero-order valence-corrected chi connectivity index (χ0v) is 18.3. The van der Waals surface area contributed by atoms with E-state index in [0.717, 1.165) is 11.1 Å². The summed E-state index contributed by atoms with van der Waals surface area (Å²) in [5, 5.41) is 24.2. The molecule has 0 unspecified atom stereocenters. The van der Waals surface area contributed by atoms with Gasteiger partial charge in [0.05, 0.1) is 0 Å². The third-order valence-electron chi connectivity index (χ3n) is 4.86. The minimum atomic E-state index is -0.606.